The van der Waals surface area contributed by atoms with Gasteiger partial charge in [-0.3, -0.25) is 9.69 Å². The van der Waals surface area contributed by atoms with Gasteiger partial charge in [-0.2, -0.15) is 23.1 Å². The number of hydrogen-bond acceptors (Lipinski definition) is 8. The quantitative estimate of drug-likeness (QED) is 0.383. The maximum absolute atomic E-state index is 13.2. The van der Waals surface area contributed by atoms with E-state index in [2.05, 4.69) is 20.1 Å². The lowest BCUT2D eigenvalue weighted by Crippen LogP contribution is -2.45. The number of hydrogen-bond donors (Lipinski definition) is 1. The van der Waals surface area contributed by atoms with Crippen LogP contribution in [0.4, 0.5) is 24.9 Å². The molecule has 0 bridgehead atoms. The van der Waals surface area contributed by atoms with Crippen molar-refractivity contribution in [2.75, 3.05) is 75.8 Å². The number of amides is 1. The van der Waals surface area contributed by atoms with Gasteiger partial charge in [0.05, 0.1) is 37.6 Å². The first-order chi connectivity index (χ1) is 20.3. The molecule has 0 saturated carbocycles. The van der Waals surface area contributed by atoms with Gasteiger partial charge in [-0.1, -0.05) is 12.1 Å². The molecule has 1 amide bonds. The number of carbonyl (C=O) groups is 1. The first-order valence-corrected chi connectivity index (χ1v) is 14.7. The largest absolute Gasteiger partial charge is 0.416 e. The standard InChI is InChI=1S/C29H39F3N8O2/c1-3-38(4-2)27(41)22-6-5-12-39(19-22)28-35-25(33-11-13-37-14-16-42-17-15-37)24-26(36-28)40(20-34-24)18-21-7-9-23(10-8-21)29(30,31)32/h7-10,20,22H,3-6,11-19H2,1-2H3,(H,33,35,36). The van der Waals surface area contributed by atoms with E-state index in [-0.39, 0.29) is 11.8 Å². The molecule has 2 aliphatic rings. The number of halogens is 3. The Morgan fingerprint density at radius 3 is 2.52 bits per heavy atom. The molecule has 2 fully saturated rings. The van der Waals surface area contributed by atoms with Gasteiger partial charge in [0, 0.05) is 52.4 Å². The summed E-state index contributed by atoms with van der Waals surface area (Å²) in [6.07, 6.45) is -1.06. The molecule has 3 aromatic rings. The van der Waals surface area contributed by atoms with Crippen molar-refractivity contribution in [3.63, 3.8) is 0 Å². The minimum Gasteiger partial charge on any atom is -0.379 e. The molecule has 5 rings (SSSR count). The van der Waals surface area contributed by atoms with Crippen LogP contribution in [0.5, 0.6) is 0 Å². The number of nitrogens with one attached hydrogen (secondary N) is 1. The molecule has 0 radical (unpaired) electrons. The molecular weight excluding hydrogens is 549 g/mol. The van der Waals surface area contributed by atoms with Crippen LogP contribution in [-0.4, -0.2) is 101 Å². The van der Waals surface area contributed by atoms with Gasteiger partial charge in [-0.15, -0.1) is 0 Å². The highest BCUT2D eigenvalue weighted by Crippen LogP contribution is 2.30. The maximum atomic E-state index is 13.2. The number of imidazole rings is 1. The van der Waals surface area contributed by atoms with E-state index in [0.29, 0.717) is 61.2 Å². The van der Waals surface area contributed by atoms with Crippen molar-refractivity contribution < 1.29 is 22.7 Å². The third-order valence-electron chi connectivity index (χ3n) is 8.04. The topological polar surface area (TPSA) is 91.7 Å². The molecule has 0 spiro atoms. The highest BCUT2D eigenvalue weighted by atomic mass is 19.4. The van der Waals surface area contributed by atoms with Crippen LogP contribution in [-0.2, 0) is 22.3 Å². The number of ether oxygens (including phenoxy) is 1. The molecule has 42 heavy (non-hydrogen) atoms. The van der Waals surface area contributed by atoms with Gasteiger partial charge in [0.2, 0.25) is 11.9 Å². The molecule has 1 aromatic carbocycles. The molecule has 2 saturated heterocycles. The number of anilines is 2. The second-order valence-corrected chi connectivity index (χ2v) is 10.8. The van der Waals surface area contributed by atoms with E-state index in [1.807, 2.05) is 23.3 Å². The fourth-order valence-corrected chi connectivity index (χ4v) is 5.62. The van der Waals surface area contributed by atoms with Crippen molar-refractivity contribution in [1.82, 2.24) is 29.3 Å². The Labute approximate surface area is 243 Å². The van der Waals surface area contributed by atoms with Crippen LogP contribution in [0.15, 0.2) is 30.6 Å². The Hall–Kier alpha value is -3.45. The number of morpholine rings is 1. The van der Waals surface area contributed by atoms with Crippen LogP contribution < -0.4 is 10.2 Å². The smallest absolute Gasteiger partial charge is 0.379 e. The van der Waals surface area contributed by atoms with E-state index in [4.69, 9.17) is 14.7 Å². The SMILES string of the molecule is CCN(CC)C(=O)C1CCCN(c2nc(NCCN3CCOCC3)c3ncn(Cc4ccc(C(F)(F)F)cc4)c3n2)C1. The summed E-state index contributed by atoms with van der Waals surface area (Å²) in [6, 6.07) is 5.14. The van der Waals surface area contributed by atoms with Crippen LogP contribution in [0, 0.1) is 5.92 Å². The fourth-order valence-electron chi connectivity index (χ4n) is 5.62. The molecule has 10 nitrogen and oxygen atoms in total. The van der Waals surface area contributed by atoms with E-state index in [1.54, 1.807) is 6.33 Å². The Morgan fingerprint density at radius 2 is 1.83 bits per heavy atom. The minimum atomic E-state index is -4.39. The van der Waals surface area contributed by atoms with Crippen molar-refractivity contribution in [2.45, 2.75) is 39.4 Å². The van der Waals surface area contributed by atoms with Crippen LogP contribution in [0.1, 0.15) is 37.8 Å². The van der Waals surface area contributed by atoms with E-state index in [0.717, 1.165) is 64.4 Å². The molecule has 1 N–H and O–H groups in total. The molecular formula is C29H39F3N8O2. The van der Waals surface area contributed by atoms with Crippen LogP contribution >= 0.6 is 0 Å². The predicted molar refractivity (Wildman–Crippen MR) is 154 cm³/mol. The average molecular weight is 589 g/mol. The predicted octanol–water partition coefficient (Wildman–Crippen LogP) is 3.72. The van der Waals surface area contributed by atoms with Crippen LogP contribution in [0.25, 0.3) is 11.2 Å². The molecule has 2 aliphatic heterocycles. The van der Waals surface area contributed by atoms with Crippen molar-refractivity contribution in [2.24, 2.45) is 5.92 Å². The summed E-state index contributed by atoms with van der Waals surface area (Å²) in [6.45, 7) is 11.6. The number of piperidine rings is 1. The highest BCUT2D eigenvalue weighted by Gasteiger charge is 2.31. The Bertz CT molecular complexity index is 1340. The van der Waals surface area contributed by atoms with Gasteiger partial charge < -0.3 is 24.4 Å². The molecule has 228 valence electrons. The third kappa shape index (κ3) is 6.95. The van der Waals surface area contributed by atoms with E-state index >= 15 is 0 Å². The first kappa shape index (κ1) is 30.0. The summed E-state index contributed by atoms with van der Waals surface area (Å²) in [5.41, 5.74) is 1.20. The molecule has 13 heteroatoms. The fraction of sp³-hybridized carbons (Fsp3) is 0.586. The first-order valence-electron chi connectivity index (χ1n) is 14.7. The molecule has 1 atom stereocenters. The van der Waals surface area contributed by atoms with Crippen molar-refractivity contribution in [3.05, 3.63) is 41.7 Å². The van der Waals surface area contributed by atoms with Gasteiger partial charge >= 0.3 is 6.18 Å². The number of carbonyl (C=O) groups excluding carboxylic acids is 1. The lowest BCUT2D eigenvalue weighted by Gasteiger charge is -2.34. The number of aromatic nitrogens is 4. The summed E-state index contributed by atoms with van der Waals surface area (Å²) < 4.78 is 46.5. The normalized spacial score (nSPS) is 18.4. The van der Waals surface area contributed by atoms with Crippen molar-refractivity contribution in [3.8, 4) is 0 Å². The summed E-state index contributed by atoms with van der Waals surface area (Å²) in [5.74, 6) is 1.14. The molecule has 0 aliphatic carbocycles. The van der Waals surface area contributed by atoms with Crippen molar-refractivity contribution >= 4 is 28.8 Å². The highest BCUT2D eigenvalue weighted by molar-refractivity contribution is 5.85. The van der Waals surface area contributed by atoms with Gasteiger partial charge in [0.25, 0.3) is 0 Å². The van der Waals surface area contributed by atoms with Crippen LogP contribution in [0.3, 0.4) is 0 Å². The zero-order valence-corrected chi connectivity index (χ0v) is 24.2. The number of rotatable bonds is 10. The lowest BCUT2D eigenvalue weighted by molar-refractivity contribution is -0.137. The molecule has 1 unspecified atom stereocenters. The maximum Gasteiger partial charge on any atom is 0.416 e. The van der Waals surface area contributed by atoms with E-state index in [1.165, 1.54) is 12.1 Å². The number of alkyl halides is 3. The zero-order valence-electron chi connectivity index (χ0n) is 24.2. The lowest BCUT2D eigenvalue weighted by atomic mass is 9.96. The second-order valence-electron chi connectivity index (χ2n) is 10.8. The average Bonchev–Trinajstić information content (AvgIpc) is 3.40. The van der Waals surface area contributed by atoms with E-state index < -0.39 is 11.7 Å². The molecule has 2 aromatic heterocycles. The Morgan fingerprint density at radius 1 is 1.10 bits per heavy atom. The van der Waals surface area contributed by atoms with Gasteiger partial charge in [0.15, 0.2) is 17.0 Å². The van der Waals surface area contributed by atoms with Gasteiger partial charge in [0.1, 0.15) is 0 Å². The number of nitrogens with zero attached hydrogens (tertiary/aromatic N) is 7. The minimum absolute atomic E-state index is 0.132. The summed E-state index contributed by atoms with van der Waals surface area (Å²) in [5, 5.41) is 3.45. The zero-order chi connectivity index (χ0) is 29.7. The summed E-state index contributed by atoms with van der Waals surface area (Å²) in [4.78, 5) is 33.8. The van der Waals surface area contributed by atoms with Gasteiger partial charge in [-0.25, -0.2) is 4.98 Å². The number of fused-ring (bicyclic) bond motifs is 1. The second kappa shape index (κ2) is 13.2. The van der Waals surface area contributed by atoms with E-state index in [9.17, 15) is 18.0 Å². The molecule has 4 heterocycles. The Kier molecular flexibility index (Phi) is 9.47. The summed E-state index contributed by atoms with van der Waals surface area (Å²) >= 11 is 0. The monoisotopic (exact) mass is 588 g/mol. The van der Waals surface area contributed by atoms with Gasteiger partial charge in [-0.05, 0) is 44.4 Å². The Balaban J connectivity index is 1.42. The third-order valence-corrected chi connectivity index (χ3v) is 8.04. The number of benzene rings is 1. The van der Waals surface area contributed by atoms with Crippen molar-refractivity contribution in [1.29, 1.82) is 0 Å². The van der Waals surface area contributed by atoms with Crippen LogP contribution in [0.2, 0.25) is 0 Å². The summed E-state index contributed by atoms with van der Waals surface area (Å²) in [7, 11) is 0.